The molecule has 0 aliphatic carbocycles. The van der Waals surface area contributed by atoms with Crippen LogP contribution >= 0.6 is 43.2 Å². The third-order valence-corrected chi connectivity index (χ3v) is 6.44. The number of amides is 1. The molecule has 1 aliphatic heterocycles. The molecule has 0 atom stereocenters. The van der Waals surface area contributed by atoms with Crippen molar-refractivity contribution in [3.05, 3.63) is 19.2 Å². The van der Waals surface area contributed by atoms with E-state index in [0.29, 0.717) is 5.92 Å². The third kappa shape index (κ3) is 3.56. The van der Waals surface area contributed by atoms with Crippen LogP contribution in [0.1, 0.15) is 22.5 Å². The highest BCUT2D eigenvalue weighted by Crippen LogP contribution is 2.33. The van der Waals surface area contributed by atoms with Gasteiger partial charge in [0.15, 0.2) is 0 Å². The first-order valence-corrected chi connectivity index (χ1v) is 8.39. The molecule has 1 aromatic rings. The lowest BCUT2D eigenvalue weighted by Gasteiger charge is -2.27. The van der Waals surface area contributed by atoms with E-state index in [1.54, 1.807) is 0 Å². The van der Waals surface area contributed by atoms with Gasteiger partial charge in [-0.15, -0.1) is 11.3 Å². The number of carbonyl (C=O) groups is 1. The van der Waals surface area contributed by atoms with Crippen molar-refractivity contribution in [2.45, 2.75) is 12.8 Å². The van der Waals surface area contributed by atoms with Gasteiger partial charge in [-0.1, -0.05) is 0 Å². The maximum atomic E-state index is 12.3. The van der Waals surface area contributed by atoms with Gasteiger partial charge in [0.1, 0.15) is 0 Å². The van der Waals surface area contributed by atoms with E-state index in [4.69, 9.17) is 0 Å². The van der Waals surface area contributed by atoms with E-state index in [9.17, 15) is 4.79 Å². The molecule has 1 amide bonds. The lowest BCUT2D eigenvalue weighted by Crippen LogP contribution is -2.37. The molecule has 3 nitrogen and oxygen atoms in total. The number of thiophene rings is 1. The Kier molecular flexibility index (Phi) is 5.24. The SMILES string of the molecule is CN(CC1CCNCC1)C(=O)c1cc(Br)c(Br)s1. The Labute approximate surface area is 128 Å². The Morgan fingerprint density at radius 1 is 1.50 bits per heavy atom. The van der Waals surface area contributed by atoms with Crippen LogP contribution in [0.2, 0.25) is 0 Å². The smallest absolute Gasteiger partial charge is 0.263 e. The summed E-state index contributed by atoms with van der Waals surface area (Å²) in [6.45, 7) is 3.00. The second-order valence-electron chi connectivity index (χ2n) is 4.61. The third-order valence-electron chi connectivity index (χ3n) is 3.19. The number of carbonyl (C=O) groups excluding carboxylic acids is 1. The van der Waals surface area contributed by atoms with Crippen molar-refractivity contribution < 1.29 is 4.79 Å². The van der Waals surface area contributed by atoms with Gasteiger partial charge in [-0.2, -0.15) is 0 Å². The van der Waals surface area contributed by atoms with Crippen LogP contribution in [0.15, 0.2) is 14.3 Å². The highest BCUT2D eigenvalue weighted by molar-refractivity contribution is 9.13. The van der Waals surface area contributed by atoms with Gasteiger partial charge >= 0.3 is 0 Å². The lowest BCUT2D eigenvalue weighted by atomic mass is 9.98. The maximum Gasteiger partial charge on any atom is 0.263 e. The highest BCUT2D eigenvalue weighted by atomic mass is 79.9. The molecule has 0 radical (unpaired) electrons. The zero-order chi connectivity index (χ0) is 13.1. The van der Waals surface area contributed by atoms with Crippen LogP contribution < -0.4 is 5.32 Å². The van der Waals surface area contributed by atoms with Gasteiger partial charge < -0.3 is 10.2 Å². The molecule has 1 N–H and O–H groups in total. The van der Waals surface area contributed by atoms with Gasteiger partial charge in [0.2, 0.25) is 0 Å². The van der Waals surface area contributed by atoms with Gasteiger partial charge in [0.05, 0.1) is 8.66 Å². The number of rotatable bonds is 3. The van der Waals surface area contributed by atoms with Crippen molar-refractivity contribution in [1.29, 1.82) is 0 Å². The van der Waals surface area contributed by atoms with E-state index in [1.165, 1.54) is 11.3 Å². The van der Waals surface area contributed by atoms with Crippen LogP contribution in [-0.4, -0.2) is 37.5 Å². The monoisotopic (exact) mass is 394 g/mol. The summed E-state index contributed by atoms with van der Waals surface area (Å²) >= 11 is 8.32. The van der Waals surface area contributed by atoms with Crippen LogP contribution in [0, 0.1) is 5.92 Å². The molecule has 1 saturated heterocycles. The van der Waals surface area contributed by atoms with Crippen LogP contribution in [0.4, 0.5) is 0 Å². The number of nitrogens with one attached hydrogen (secondary N) is 1. The van der Waals surface area contributed by atoms with Gasteiger partial charge in [-0.25, -0.2) is 0 Å². The average molecular weight is 396 g/mol. The lowest BCUT2D eigenvalue weighted by molar-refractivity contribution is 0.0767. The molecule has 0 bridgehead atoms. The number of nitrogens with zero attached hydrogens (tertiary/aromatic N) is 1. The average Bonchev–Trinajstić information content (AvgIpc) is 2.70. The van der Waals surface area contributed by atoms with E-state index in [-0.39, 0.29) is 5.91 Å². The molecule has 1 fully saturated rings. The first-order valence-electron chi connectivity index (χ1n) is 5.99. The maximum absolute atomic E-state index is 12.3. The van der Waals surface area contributed by atoms with Crippen LogP contribution in [-0.2, 0) is 0 Å². The van der Waals surface area contributed by atoms with E-state index >= 15 is 0 Å². The van der Waals surface area contributed by atoms with E-state index in [1.807, 2.05) is 18.0 Å². The second kappa shape index (κ2) is 6.50. The van der Waals surface area contributed by atoms with Gasteiger partial charge in [0.25, 0.3) is 5.91 Å². The summed E-state index contributed by atoms with van der Waals surface area (Å²) in [6, 6.07) is 1.88. The molecule has 0 spiro atoms. The second-order valence-corrected chi connectivity index (χ2v) is 7.84. The summed E-state index contributed by atoms with van der Waals surface area (Å²) < 4.78 is 1.92. The minimum absolute atomic E-state index is 0.116. The Balaban J connectivity index is 1.95. The molecule has 0 saturated carbocycles. The summed E-state index contributed by atoms with van der Waals surface area (Å²) in [5.74, 6) is 0.747. The van der Waals surface area contributed by atoms with Crippen molar-refractivity contribution in [2.24, 2.45) is 5.92 Å². The first-order chi connectivity index (χ1) is 8.58. The van der Waals surface area contributed by atoms with E-state index < -0.39 is 0 Å². The predicted molar refractivity (Wildman–Crippen MR) is 82.3 cm³/mol. The van der Waals surface area contributed by atoms with Crippen molar-refractivity contribution >= 4 is 49.1 Å². The van der Waals surface area contributed by atoms with Gasteiger partial charge in [-0.3, -0.25) is 4.79 Å². The summed E-state index contributed by atoms with van der Waals surface area (Å²) in [4.78, 5) is 14.9. The molecule has 2 heterocycles. The molecular weight excluding hydrogens is 380 g/mol. The minimum atomic E-state index is 0.116. The molecule has 1 aromatic heterocycles. The van der Waals surface area contributed by atoms with E-state index in [2.05, 4.69) is 37.2 Å². The van der Waals surface area contributed by atoms with Crippen molar-refractivity contribution in [2.75, 3.05) is 26.7 Å². The molecule has 100 valence electrons. The topological polar surface area (TPSA) is 32.3 Å². The zero-order valence-electron chi connectivity index (χ0n) is 10.2. The Morgan fingerprint density at radius 3 is 2.72 bits per heavy atom. The standard InChI is InChI=1S/C12H16Br2N2OS/c1-16(7-8-2-4-15-5-3-8)12(17)10-6-9(13)11(14)18-10/h6,8,15H,2-5,7H2,1H3. The number of hydrogen-bond acceptors (Lipinski definition) is 3. The summed E-state index contributed by atoms with van der Waals surface area (Å²) in [5.41, 5.74) is 0. The minimum Gasteiger partial charge on any atom is -0.341 e. The zero-order valence-corrected chi connectivity index (χ0v) is 14.2. The summed E-state index contributed by atoms with van der Waals surface area (Å²) in [5, 5.41) is 3.35. The van der Waals surface area contributed by atoms with Gasteiger partial charge in [0, 0.05) is 18.1 Å². The Morgan fingerprint density at radius 2 is 2.17 bits per heavy atom. The fourth-order valence-corrected chi connectivity index (χ4v) is 4.20. The van der Waals surface area contributed by atoms with Crippen LogP contribution in [0.25, 0.3) is 0 Å². The molecule has 0 unspecified atom stereocenters. The predicted octanol–water partition coefficient (Wildman–Crippen LogP) is 3.34. The molecule has 2 rings (SSSR count). The fourth-order valence-electron chi connectivity index (χ4n) is 2.17. The molecule has 18 heavy (non-hydrogen) atoms. The van der Waals surface area contributed by atoms with E-state index in [0.717, 1.165) is 45.6 Å². The number of piperidine rings is 1. The number of hydrogen-bond donors (Lipinski definition) is 1. The largest absolute Gasteiger partial charge is 0.341 e. The fraction of sp³-hybridized carbons (Fsp3) is 0.583. The number of halogens is 2. The van der Waals surface area contributed by atoms with Crippen molar-refractivity contribution in [1.82, 2.24) is 10.2 Å². The molecule has 0 aromatic carbocycles. The van der Waals surface area contributed by atoms with Gasteiger partial charge in [-0.05, 0) is 69.8 Å². The van der Waals surface area contributed by atoms with Crippen molar-refractivity contribution in [3.8, 4) is 0 Å². The summed E-state index contributed by atoms with van der Waals surface area (Å²) in [6.07, 6.45) is 2.32. The normalized spacial score (nSPS) is 16.8. The molecule has 1 aliphatic rings. The quantitative estimate of drug-likeness (QED) is 0.850. The summed E-state index contributed by atoms with van der Waals surface area (Å²) in [7, 11) is 1.89. The van der Waals surface area contributed by atoms with Crippen LogP contribution in [0.3, 0.4) is 0 Å². The highest BCUT2D eigenvalue weighted by Gasteiger charge is 2.20. The first kappa shape index (κ1) is 14.5. The Bertz CT molecular complexity index is 410. The molecular formula is C12H16Br2N2OS. The van der Waals surface area contributed by atoms with Crippen molar-refractivity contribution in [3.63, 3.8) is 0 Å². The molecule has 6 heteroatoms. The Hall–Kier alpha value is 0.0900. The van der Waals surface area contributed by atoms with Crippen LogP contribution in [0.5, 0.6) is 0 Å².